The number of nitrogens with zero attached hydrogens (tertiary/aromatic N) is 3. The van der Waals surface area contributed by atoms with E-state index in [1.807, 2.05) is 52.8 Å². The molecule has 4 aromatic rings. The van der Waals surface area contributed by atoms with Crippen molar-refractivity contribution in [2.24, 2.45) is 5.92 Å². The van der Waals surface area contributed by atoms with Crippen molar-refractivity contribution in [3.05, 3.63) is 112 Å². The summed E-state index contributed by atoms with van der Waals surface area (Å²) in [6, 6.07) is 24.5. The first-order valence-electron chi connectivity index (χ1n) is 16.6. The summed E-state index contributed by atoms with van der Waals surface area (Å²) in [5, 5.41) is 32.1. The molecule has 7 rings (SSSR count). The van der Waals surface area contributed by atoms with E-state index < -0.39 is 55.0 Å². The highest BCUT2D eigenvalue weighted by molar-refractivity contribution is 7.89. The number of aromatic hydroxyl groups is 3. The maximum absolute atomic E-state index is 13.8. The molecule has 0 spiro atoms. The van der Waals surface area contributed by atoms with Crippen LogP contribution in [0.15, 0.2) is 88.7 Å². The number of rotatable bonds is 7. The van der Waals surface area contributed by atoms with Crippen LogP contribution in [-0.4, -0.2) is 73.9 Å². The highest BCUT2D eigenvalue weighted by atomic mass is 32.2. The van der Waals surface area contributed by atoms with Crippen molar-refractivity contribution in [2.75, 3.05) is 26.2 Å². The molecule has 256 valence electrons. The van der Waals surface area contributed by atoms with Gasteiger partial charge in [-0.15, -0.1) is 4.31 Å². The predicted octanol–water partition coefficient (Wildman–Crippen LogP) is 4.73. The predicted molar refractivity (Wildman–Crippen MR) is 185 cm³/mol. The van der Waals surface area contributed by atoms with Crippen LogP contribution in [0.25, 0.3) is 0 Å². The van der Waals surface area contributed by atoms with E-state index in [1.165, 1.54) is 14.8 Å². The van der Waals surface area contributed by atoms with Gasteiger partial charge in [-0.25, -0.2) is 8.42 Å². The van der Waals surface area contributed by atoms with E-state index in [0.717, 1.165) is 60.7 Å². The summed E-state index contributed by atoms with van der Waals surface area (Å²) in [5.74, 6) is -3.10. The third-order valence-electron chi connectivity index (χ3n) is 10.0. The minimum atomic E-state index is -4.35. The summed E-state index contributed by atoms with van der Waals surface area (Å²) in [5.41, 5.74) is 4.58. The van der Waals surface area contributed by atoms with Gasteiger partial charge in [0.15, 0.2) is 16.4 Å². The smallest absolute Gasteiger partial charge is 0.258 e. The van der Waals surface area contributed by atoms with Crippen molar-refractivity contribution < 1.29 is 33.1 Å². The zero-order valence-corrected chi connectivity index (χ0v) is 28.6. The Bertz CT molecular complexity index is 1980. The number of hydrogen-bond donors (Lipinski definition) is 3. The molecule has 1 unspecified atom stereocenters. The number of carbonyl (C=O) groups is 1. The Morgan fingerprint density at radius 3 is 2.18 bits per heavy atom. The van der Waals surface area contributed by atoms with Gasteiger partial charge >= 0.3 is 0 Å². The van der Waals surface area contributed by atoms with Crippen LogP contribution < -0.4 is 0 Å². The number of sulfonamides is 1. The molecule has 0 aliphatic carbocycles. The summed E-state index contributed by atoms with van der Waals surface area (Å²) in [4.78, 5) is 15.3. The Hall–Kier alpha value is -4.07. The molecule has 1 fully saturated rings. The second-order valence-corrected chi connectivity index (χ2v) is 16.4. The van der Waals surface area contributed by atoms with Crippen molar-refractivity contribution in [1.82, 2.24) is 13.5 Å². The molecular weight excluding hydrogens is 663 g/mol. The Balaban J connectivity index is 1.07. The topological polar surface area (TPSA) is 145 Å². The van der Waals surface area contributed by atoms with Gasteiger partial charge in [0.25, 0.3) is 5.91 Å². The van der Waals surface area contributed by atoms with Gasteiger partial charge in [-0.05, 0) is 78.0 Å². The molecule has 3 heterocycles. The van der Waals surface area contributed by atoms with E-state index in [1.54, 1.807) is 0 Å². The van der Waals surface area contributed by atoms with Gasteiger partial charge in [-0.2, -0.15) is 4.31 Å². The molecule has 3 aliphatic heterocycles. The maximum atomic E-state index is 13.8. The third-order valence-corrected chi connectivity index (χ3v) is 13.4. The monoisotopic (exact) mass is 701 g/mol. The first-order valence-corrected chi connectivity index (χ1v) is 19.1. The van der Waals surface area contributed by atoms with Crippen LogP contribution in [0.4, 0.5) is 0 Å². The van der Waals surface area contributed by atoms with Gasteiger partial charge in [-0.1, -0.05) is 60.7 Å². The zero-order chi connectivity index (χ0) is 34.3. The van der Waals surface area contributed by atoms with E-state index >= 15 is 0 Å². The van der Waals surface area contributed by atoms with Gasteiger partial charge in [0.1, 0.15) is 4.90 Å². The molecule has 0 bridgehead atoms. The summed E-state index contributed by atoms with van der Waals surface area (Å²) in [6.07, 6.45) is 3.90. The normalized spacial score (nSPS) is 18.1. The summed E-state index contributed by atoms with van der Waals surface area (Å²) >= 11 is -1.37. The van der Waals surface area contributed by atoms with Crippen LogP contribution in [0.2, 0.25) is 0 Å². The number of carbonyl (C=O) groups excluding carboxylic acids is 1. The number of benzene rings is 4. The van der Waals surface area contributed by atoms with Gasteiger partial charge in [-0.3, -0.25) is 4.79 Å². The number of hydrogen-bond acceptors (Lipinski definition) is 8. The quantitative estimate of drug-likeness (QED) is 0.186. The molecule has 4 aromatic carbocycles. The van der Waals surface area contributed by atoms with Gasteiger partial charge in [0, 0.05) is 45.3 Å². The first-order chi connectivity index (χ1) is 23.6. The molecule has 3 N–H and O–H groups in total. The number of phenolic OH excluding ortho intramolecular Hbond substituents is 3. The number of piperidine rings is 1. The standard InChI is InChI=1S/C37H39N3O7S2/c41-34-32(22-33(35(42)36(34)43)49(46,47)40-19-15-27-8-4-5-9-29(27)24-40)37(44)38-16-14-28-10-11-31(21-30(28)23-38)48(45)39-17-12-26(13-18-39)20-25-6-2-1-3-7-25/h1-11,21-22,26,41-43H,12-20,23-24H2. The second kappa shape index (κ2) is 13.7. The minimum Gasteiger partial charge on any atom is -0.593 e. The first kappa shape index (κ1) is 33.4. The number of amides is 1. The molecule has 1 atom stereocenters. The SMILES string of the molecule is O=C(c1cc(S(=O)(=O)N2CCc3ccccc3C2)c(O)c(O)c1O)N1CCc2ccc([S+]([O-])N3CCC(Cc4ccccc4)CC3)cc2C1. The van der Waals surface area contributed by atoms with Gasteiger partial charge in [0.2, 0.25) is 15.8 Å². The lowest BCUT2D eigenvalue weighted by atomic mass is 9.91. The molecule has 10 nitrogen and oxygen atoms in total. The molecule has 0 saturated carbocycles. The molecule has 0 radical (unpaired) electrons. The molecule has 3 aliphatic rings. The second-order valence-electron chi connectivity index (χ2n) is 13.0. The van der Waals surface area contributed by atoms with Gasteiger partial charge < -0.3 is 24.8 Å². The molecule has 1 amide bonds. The Labute approximate surface area is 289 Å². The lowest BCUT2D eigenvalue weighted by Crippen LogP contribution is -2.39. The average molecular weight is 702 g/mol. The maximum Gasteiger partial charge on any atom is 0.258 e. The largest absolute Gasteiger partial charge is 0.593 e. The van der Waals surface area contributed by atoms with Crippen LogP contribution in [0.3, 0.4) is 0 Å². The zero-order valence-electron chi connectivity index (χ0n) is 27.0. The molecular formula is C37H39N3O7S2. The average Bonchev–Trinajstić information content (AvgIpc) is 3.13. The lowest BCUT2D eigenvalue weighted by molar-refractivity contribution is 0.0730. The van der Waals surface area contributed by atoms with Crippen LogP contribution in [-0.2, 0) is 53.7 Å². The van der Waals surface area contributed by atoms with Crippen molar-refractivity contribution in [2.45, 2.75) is 55.0 Å². The van der Waals surface area contributed by atoms with E-state index in [4.69, 9.17) is 0 Å². The fourth-order valence-corrected chi connectivity index (χ4v) is 9.95. The summed E-state index contributed by atoms with van der Waals surface area (Å²) in [7, 11) is -4.35. The third kappa shape index (κ3) is 6.63. The summed E-state index contributed by atoms with van der Waals surface area (Å²) < 4.78 is 44.3. The van der Waals surface area contributed by atoms with Gasteiger partial charge in [0.05, 0.1) is 16.9 Å². The van der Waals surface area contributed by atoms with Crippen LogP contribution >= 0.6 is 0 Å². The Morgan fingerprint density at radius 1 is 0.755 bits per heavy atom. The van der Waals surface area contributed by atoms with Crippen molar-refractivity contribution in [3.63, 3.8) is 0 Å². The van der Waals surface area contributed by atoms with E-state index in [2.05, 4.69) is 24.3 Å². The Morgan fingerprint density at radius 2 is 1.43 bits per heavy atom. The number of phenols is 3. The fraction of sp³-hybridized carbons (Fsp3) is 0.324. The van der Waals surface area contributed by atoms with Crippen LogP contribution in [0, 0.1) is 5.92 Å². The minimum absolute atomic E-state index is 0.0706. The Kier molecular flexibility index (Phi) is 9.33. The van der Waals surface area contributed by atoms with E-state index in [9.17, 15) is 33.1 Å². The van der Waals surface area contributed by atoms with Crippen molar-refractivity contribution >= 4 is 27.3 Å². The van der Waals surface area contributed by atoms with Crippen molar-refractivity contribution in [3.8, 4) is 17.2 Å². The van der Waals surface area contributed by atoms with Crippen LogP contribution in [0.5, 0.6) is 17.2 Å². The lowest BCUT2D eigenvalue weighted by Gasteiger charge is -2.33. The molecule has 1 saturated heterocycles. The van der Waals surface area contributed by atoms with Crippen molar-refractivity contribution in [1.29, 1.82) is 0 Å². The summed E-state index contributed by atoms with van der Waals surface area (Å²) in [6.45, 7) is 2.11. The molecule has 49 heavy (non-hydrogen) atoms. The van der Waals surface area contributed by atoms with E-state index in [0.29, 0.717) is 23.7 Å². The fourth-order valence-electron chi connectivity index (χ4n) is 7.16. The highest BCUT2D eigenvalue weighted by Gasteiger charge is 2.36. The molecule has 12 heteroatoms. The number of fused-ring (bicyclic) bond motifs is 2. The highest BCUT2D eigenvalue weighted by Crippen LogP contribution is 2.44. The molecule has 0 aromatic heterocycles. The van der Waals surface area contributed by atoms with E-state index in [-0.39, 0.29) is 26.2 Å². The van der Waals surface area contributed by atoms with Crippen LogP contribution in [0.1, 0.15) is 51.0 Å².